The van der Waals surface area contributed by atoms with Crippen molar-refractivity contribution in [2.45, 2.75) is 13.0 Å². The summed E-state index contributed by atoms with van der Waals surface area (Å²) in [6.45, 7) is 2.21. The Morgan fingerprint density at radius 2 is 2.21 bits per heavy atom. The van der Waals surface area contributed by atoms with Gasteiger partial charge in [0.15, 0.2) is 11.5 Å². The largest absolute Gasteiger partial charge is 0.491 e. The molecule has 1 heterocycles. The number of fused-ring (bicyclic) bond motifs is 1. The van der Waals surface area contributed by atoms with E-state index >= 15 is 0 Å². The summed E-state index contributed by atoms with van der Waals surface area (Å²) in [6, 6.07) is 5.33. The van der Waals surface area contributed by atoms with Crippen molar-refractivity contribution >= 4 is 0 Å². The third-order valence-electron chi connectivity index (χ3n) is 1.84. The van der Waals surface area contributed by atoms with Crippen molar-refractivity contribution < 1.29 is 19.3 Å². The highest BCUT2D eigenvalue weighted by Crippen LogP contribution is 2.34. The maximum Gasteiger partial charge on any atom is 0.231 e. The second-order valence-electron chi connectivity index (χ2n) is 3.18. The number of benzene rings is 1. The lowest BCUT2D eigenvalue weighted by Gasteiger charge is -2.08. The zero-order valence-corrected chi connectivity index (χ0v) is 7.90. The average molecular weight is 196 g/mol. The first-order chi connectivity index (χ1) is 6.75. The van der Waals surface area contributed by atoms with Gasteiger partial charge in [-0.05, 0) is 19.1 Å². The summed E-state index contributed by atoms with van der Waals surface area (Å²) in [7, 11) is 0. The first-order valence-corrected chi connectivity index (χ1v) is 4.46. The molecular formula is C10H12O4. The highest BCUT2D eigenvalue weighted by molar-refractivity contribution is 5.46. The third-order valence-corrected chi connectivity index (χ3v) is 1.84. The van der Waals surface area contributed by atoms with Gasteiger partial charge < -0.3 is 19.3 Å². The van der Waals surface area contributed by atoms with Crippen LogP contribution < -0.4 is 14.2 Å². The Labute approximate surface area is 82.0 Å². The molecule has 2 rings (SSSR count). The van der Waals surface area contributed by atoms with Crippen LogP contribution in [0, 0.1) is 0 Å². The lowest BCUT2D eigenvalue weighted by atomic mass is 10.3. The smallest absolute Gasteiger partial charge is 0.231 e. The highest BCUT2D eigenvalue weighted by atomic mass is 16.7. The van der Waals surface area contributed by atoms with Crippen molar-refractivity contribution in [3.8, 4) is 17.2 Å². The van der Waals surface area contributed by atoms with E-state index in [1.807, 2.05) is 0 Å². The molecule has 4 nitrogen and oxygen atoms in total. The predicted octanol–water partition coefficient (Wildman–Crippen LogP) is 1.17. The number of aliphatic hydroxyl groups excluding tert-OH is 1. The molecule has 1 aromatic rings. The van der Waals surface area contributed by atoms with Crippen LogP contribution in [0.1, 0.15) is 6.92 Å². The Hall–Kier alpha value is -1.42. The Morgan fingerprint density at radius 3 is 3.00 bits per heavy atom. The van der Waals surface area contributed by atoms with Crippen molar-refractivity contribution in [2.24, 2.45) is 0 Å². The van der Waals surface area contributed by atoms with E-state index in [-0.39, 0.29) is 13.4 Å². The Balaban J connectivity index is 2.05. The zero-order chi connectivity index (χ0) is 9.97. The number of hydrogen-bond acceptors (Lipinski definition) is 4. The Bertz CT molecular complexity index is 322. The first-order valence-electron chi connectivity index (χ1n) is 4.46. The van der Waals surface area contributed by atoms with Gasteiger partial charge in [-0.15, -0.1) is 0 Å². The van der Waals surface area contributed by atoms with Crippen LogP contribution in [0.25, 0.3) is 0 Å². The molecule has 0 amide bonds. The number of aliphatic hydroxyl groups is 1. The Kier molecular flexibility index (Phi) is 2.45. The van der Waals surface area contributed by atoms with E-state index in [9.17, 15) is 0 Å². The van der Waals surface area contributed by atoms with Crippen molar-refractivity contribution in [2.75, 3.05) is 13.4 Å². The van der Waals surface area contributed by atoms with E-state index < -0.39 is 6.10 Å². The van der Waals surface area contributed by atoms with E-state index in [1.54, 1.807) is 25.1 Å². The number of rotatable bonds is 3. The number of hydrogen-bond donors (Lipinski definition) is 1. The molecule has 14 heavy (non-hydrogen) atoms. The van der Waals surface area contributed by atoms with Gasteiger partial charge in [0.25, 0.3) is 0 Å². The van der Waals surface area contributed by atoms with Crippen LogP contribution in [0.5, 0.6) is 17.2 Å². The van der Waals surface area contributed by atoms with Gasteiger partial charge in [-0.1, -0.05) is 0 Å². The van der Waals surface area contributed by atoms with Gasteiger partial charge in [-0.25, -0.2) is 0 Å². The maximum absolute atomic E-state index is 9.03. The molecule has 0 saturated carbocycles. The normalized spacial score (nSPS) is 15.3. The molecule has 0 spiro atoms. The highest BCUT2D eigenvalue weighted by Gasteiger charge is 2.13. The van der Waals surface area contributed by atoms with Gasteiger partial charge in [-0.3, -0.25) is 0 Å². The lowest BCUT2D eigenvalue weighted by Crippen LogP contribution is -2.12. The van der Waals surface area contributed by atoms with Crippen LogP contribution in [-0.2, 0) is 0 Å². The molecule has 0 aliphatic carbocycles. The van der Waals surface area contributed by atoms with Crippen LogP contribution >= 0.6 is 0 Å². The molecular weight excluding hydrogens is 184 g/mol. The fourth-order valence-electron chi connectivity index (χ4n) is 1.18. The average Bonchev–Trinajstić information content (AvgIpc) is 2.61. The van der Waals surface area contributed by atoms with Crippen molar-refractivity contribution in [3.63, 3.8) is 0 Å². The van der Waals surface area contributed by atoms with Crippen LogP contribution in [0.3, 0.4) is 0 Å². The molecule has 1 aliphatic heterocycles. The van der Waals surface area contributed by atoms with E-state index in [2.05, 4.69) is 0 Å². The van der Waals surface area contributed by atoms with Gasteiger partial charge in [0.05, 0.1) is 6.10 Å². The molecule has 0 aromatic heterocycles. The molecule has 0 unspecified atom stereocenters. The monoisotopic (exact) mass is 196 g/mol. The van der Waals surface area contributed by atoms with E-state index in [1.165, 1.54) is 0 Å². The second-order valence-corrected chi connectivity index (χ2v) is 3.18. The van der Waals surface area contributed by atoms with E-state index in [0.717, 1.165) is 5.75 Å². The molecule has 0 saturated heterocycles. The first kappa shape index (κ1) is 9.15. The second kappa shape index (κ2) is 3.75. The minimum absolute atomic E-state index is 0.259. The summed E-state index contributed by atoms with van der Waals surface area (Å²) in [5.74, 6) is 2.10. The molecule has 1 N–H and O–H groups in total. The van der Waals surface area contributed by atoms with Gasteiger partial charge >= 0.3 is 0 Å². The van der Waals surface area contributed by atoms with Crippen LogP contribution in [0.2, 0.25) is 0 Å². The predicted molar refractivity (Wildman–Crippen MR) is 49.7 cm³/mol. The summed E-state index contributed by atoms with van der Waals surface area (Å²) in [6.07, 6.45) is -0.472. The summed E-state index contributed by atoms with van der Waals surface area (Å²) >= 11 is 0. The van der Waals surface area contributed by atoms with Gasteiger partial charge in [-0.2, -0.15) is 0 Å². The fourth-order valence-corrected chi connectivity index (χ4v) is 1.18. The summed E-state index contributed by atoms with van der Waals surface area (Å²) < 4.78 is 15.6. The minimum Gasteiger partial charge on any atom is -0.491 e. The van der Waals surface area contributed by atoms with E-state index in [0.29, 0.717) is 11.5 Å². The molecule has 1 aliphatic rings. The third kappa shape index (κ3) is 1.90. The van der Waals surface area contributed by atoms with Crippen LogP contribution in [0.15, 0.2) is 18.2 Å². The summed E-state index contributed by atoms with van der Waals surface area (Å²) in [5, 5.41) is 9.03. The minimum atomic E-state index is -0.472. The van der Waals surface area contributed by atoms with E-state index in [4.69, 9.17) is 19.3 Å². The van der Waals surface area contributed by atoms with Gasteiger partial charge in [0, 0.05) is 6.07 Å². The van der Waals surface area contributed by atoms with Crippen LogP contribution in [-0.4, -0.2) is 24.6 Å². The molecule has 1 atom stereocenters. The molecule has 0 fully saturated rings. The molecule has 0 radical (unpaired) electrons. The molecule has 4 heteroatoms. The molecule has 1 aromatic carbocycles. The topological polar surface area (TPSA) is 47.9 Å². The van der Waals surface area contributed by atoms with Crippen LogP contribution in [0.4, 0.5) is 0 Å². The molecule has 0 bridgehead atoms. The summed E-state index contributed by atoms with van der Waals surface area (Å²) in [5.41, 5.74) is 0. The quantitative estimate of drug-likeness (QED) is 0.788. The lowest BCUT2D eigenvalue weighted by molar-refractivity contribution is 0.122. The van der Waals surface area contributed by atoms with Crippen molar-refractivity contribution in [1.29, 1.82) is 0 Å². The number of ether oxygens (including phenoxy) is 3. The molecule has 76 valence electrons. The van der Waals surface area contributed by atoms with Crippen molar-refractivity contribution in [3.05, 3.63) is 18.2 Å². The SMILES string of the molecule is C[C@H](O)COc1ccc2c(c1)OCO2. The van der Waals surface area contributed by atoms with Crippen molar-refractivity contribution in [1.82, 2.24) is 0 Å². The van der Waals surface area contributed by atoms with Gasteiger partial charge in [0.2, 0.25) is 6.79 Å². The standard InChI is InChI=1S/C10H12O4/c1-7(11)5-12-8-2-3-9-10(4-8)14-6-13-9/h2-4,7,11H,5-6H2,1H3/t7-/m0/s1. The maximum atomic E-state index is 9.03. The van der Waals surface area contributed by atoms with Gasteiger partial charge in [0.1, 0.15) is 12.4 Å². The fraction of sp³-hybridized carbons (Fsp3) is 0.400. The zero-order valence-electron chi connectivity index (χ0n) is 7.90. The Morgan fingerprint density at radius 1 is 1.43 bits per heavy atom. The summed E-state index contributed by atoms with van der Waals surface area (Å²) in [4.78, 5) is 0.